The summed E-state index contributed by atoms with van der Waals surface area (Å²) in [5, 5.41) is 4.51. The van der Waals surface area contributed by atoms with E-state index in [-0.39, 0.29) is 0 Å². The van der Waals surface area contributed by atoms with E-state index in [4.69, 9.17) is 11.6 Å². The van der Waals surface area contributed by atoms with Gasteiger partial charge >= 0.3 is 0 Å². The summed E-state index contributed by atoms with van der Waals surface area (Å²) in [4.78, 5) is 0. The summed E-state index contributed by atoms with van der Waals surface area (Å²) in [6, 6.07) is 15.5. The van der Waals surface area contributed by atoms with Crippen molar-refractivity contribution in [1.82, 2.24) is 5.32 Å². The van der Waals surface area contributed by atoms with Gasteiger partial charge in [-0.3, -0.25) is 0 Å². The second-order valence-corrected chi connectivity index (χ2v) is 6.34. The van der Waals surface area contributed by atoms with Gasteiger partial charge in [-0.1, -0.05) is 48.0 Å². The zero-order valence-electron chi connectivity index (χ0n) is 13.3. The average Bonchev–Trinajstić information content (AvgIpc) is 2.44. The van der Waals surface area contributed by atoms with Gasteiger partial charge in [-0.15, -0.1) is 0 Å². The van der Waals surface area contributed by atoms with Crippen molar-refractivity contribution in [3.63, 3.8) is 0 Å². The second kappa shape index (κ2) is 7.11. The minimum atomic E-state index is 0.335. The lowest BCUT2D eigenvalue weighted by Crippen LogP contribution is -2.30. The number of benzene rings is 2. The molecular formula is C19H24ClN. The molecule has 2 unspecified atom stereocenters. The first-order valence-electron chi connectivity index (χ1n) is 7.54. The zero-order valence-corrected chi connectivity index (χ0v) is 14.0. The highest BCUT2D eigenvalue weighted by Crippen LogP contribution is 2.20. The minimum absolute atomic E-state index is 0.335. The van der Waals surface area contributed by atoms with E-state index in [9.17, 15) is 0 Å². The standard InChI is InChI=1S/C19H24ClN/c1-13-9-10-17(11-14(13)2)16(4)21-15(3)12-18-7-5-6-8-19(18)20/h5-11,15-16,21H,12H2,1-4H3. The van der Waals surface area contributed by atoms with Gasteiger partial charge in [-0.2, -0.15) is 0 Å². The second-order valence-electron chi connectivity index (χ2n) is 5.93. The van der Waals surface area contributed by atoms with Gasteiger partial charge in [0.1, 0.15) is 0 Å². The molecule has 0 radical (unpaired) electrons. The van der Waals surface area contributed by atoms with Crippen LogP contribution in [0.1, 0.15) is 42.1 Å². The van der Waals surface area contributed by atoms with Crippen molar-refractivity contribution in [2.75, 3.05) is 0 Å². The highest BCUT2D eigenvalue weighted by atomic mass is 35.5. The molecule has 2 rings (SSSR count). The Hall–Kier alpha value is -1.31. The van der Waals surface area contributed by atoms with Gasteiger partial charge in [0.25, 0.3) is 0 Å². The molecule has 1 N–H and O–H groups in total. The van der Waals surface area contributed by atoms with E-state index < -0.39 is 0 Å². The summed E-state index contributed by atoms with van der Waals surface area (Å²) in [7, 11) is 0. The third kappa shape index (κ3) is 4.33. The Bertz CT molecular complexity index is 606. The normalized spacial score (nSPS) is 14.0. The molecule has 0 amide bonds. The highest BCUT2D eigenvalue weighted by Gasteiger charge is 2.11. The van der Waals surface area contributed by atoms with Crippen molar-refractivity contribution in [3.05, 3.63) is 69.7 Å². The Morgan fingerprint density at radius 1 is 1.00 bits per heavy atom. The van der Waals surface area contributed by atoms with E-state index in [0.717, 1.165) is 11.4 Å². The lowest BCUT2D eigenvalue weighted by Gasteiger charge is -2.21. The van der Waals surface area contributed by atoms with Crippen LogP contribution in [0.15, 0.2) is 42.5 Å². The lowest BCUT2D eigenvalue weighted by molar-refractivity contribution is 0.477. The van der Waals surface area contributed by atoms with Crippen molar-refractivity contribution in [2.45, 2.75) is 46.2 Å². The zero-order chi connectivity index (χ0) is 15.4. The Kier molecular flexibility index (Phi) is 5.44. The Labute approximate surface area is 133 Å². The van der Waals surface area contributed by atoms with E-state index in [1.165, 1.54) is 22.3 Å². The van der Waals surface area contributed by atoms with Crippen molar-refractivity contribution >= 4 is 11.6 Å². The van der Waals surface area contributed by atoms with E-state index in [2.05, 4.69) is 57.3 Å². The van der Waals surface area contributed by atoms with Crippen LogP contribution in [0, 0.1) is 13.8 Å². The SMILES string of the molecule is Cc1ccc(C(C)NC(C)Cc2ccccc2Cl)cc1C. The summed E-state index contributed by atoms with van der Waals surface area (Å²) in [6.45, 7) is 8.74. The molecule has 0 aliphatic heterocycles. The van der Waals surface area contributed by atoms with Crippen LogP contribution >= 0.6 is 11.6 Å². The molecule has 2 aromatic rings. The molecule has 0 saturated heterocycles. The van der Waals surface area contributed by atoms with Crippen molar-refractivity contribution in [1.29, 1.82) is 0 Å². The summed E-state index contributed by atoms with van der Waals surface area (Å²) >= 11 is 6.23. The van der Waals surface area contributed by atoms with Gasteiger partial charge in [0.2, 0.25) is 0 Å². The Balaban J connectivity index is 2.00. The van der Waals surface area contributed by atoms with Gasteiger partial charge in [0.15, 0.2) is 0 Å². The number of nitrogens with one attached hydrogen (secondary N) is 1. The first-order chi connectivity index (χ1) is 9.97. The van der Waals surface area contributed by atoms with Crippen molar-refractivity contribution in [2.24, 2.45) is 0 Å². The molecule has 0 saturated carbocycles. The van der Waals surface area contributed by atoms with Crippen molar-refractivity contribution in [3.8, 4) is 0 Å². The fraction of sp³-hybridized carbons (Fsp3) is 0.368. The van der Waals surface area contributed by atoms with E-state index >= 15 is 0 Å². The van der Waals surface area contributed by atoms with Crippen LogP contribution in [-0.2, 0) is 6.42 Å². The maximum Gasteiger partial charge on any atom is 0.0438 e. The molecule has 0 bridgehead atoms. The maximum atomic E-state index is 6.23. The fourth-order valence-electron chi connectivity index (χ4n) is 2.61. The van der Waals surface area contributed by atoms with Gasteiger partial charge in [-0.05, 0) is 62.4 Å². The third-order valence-electron chi connectivity index (χ3n) is 4.05. The predicted molar refractivity (Wildman–Crippen MR) is 92.1 cm³/mol. The molecule has 2 aromatic carbocycles. The van der Waals surface area contributed by atoms with Gasteiger partial charge < -0.3 is 5.32 Å². The molecule has 0 aliphatic rings. The van der Waals surface area contributed by atoms with E-state index in [1.54, 1.807) is 0 Å². The highest BCUT2D eigenvalue weighted by molar-refractivity contribution is 6.31. The molecule has 2 atom stereocenters. The van der Waals surface area contributed by atoms with Crippen LogP contribution < -0.4 is 5.32 Å². The van der Waals surface area contributed by atoms with Crippen LogP contribution in [0.3, 0.4) is 0 Å². The number of rotatable bonds is 5. The van der Waals surface area contributed by atoms with Crippen LogP contribution in [-0.4, -0.2) is 6.04 Å². The van der Waals surface area contributed by atoms with Crippen LogP contribution in [0.25, 0.3) is 0 Å². The van der Waals surface area contributed by atoms with Crippen LogP contribution in [0.5, 0.6) is 0 Å². The molecule has 0 heterocycles. The topological polar surface area (TPSA) is 12.0 Å². The molecule has 0 spiro atoms. The third-order valence-corrected chi connectivity index (χ3v) is 4.42. The molecule has 112 valence electrons. The molecule has 2 heteroatoms. The number of halogens is 1. The van der Waals surface area contributed by atoms with E-state index in [1.807, 2.05) is 18.2 Å². The summed E-state index contributed by atoms with van der Waals surface area (Å²) in [5.74, 6) is 0. The molecule has 21 heavy (non-hydrogen) atoms. The van der Waals surface area contributed by atoms with Crippen LogP contribution in [0.4, 0.5) is 0 Å². The fourth-order valence-corrected chi connectivity index (χ4v) is 2.82. The molecule has 0 fully saturated rings. The molecule has 1 nitrogen and oxygen atoms in total. The van der Waals surface area contributed by atoms with Gasteiger partial charge in [0.05, 0.1) is 0 Å². The first kappa shape index (κ1) is 16.1. The van der Waals surface area contributed by atoms with Gasteiger partial charge in [-0.25, -0.2) is 0 Å². The number of hydrogen-bond acceptors (Lipinski definition) is 1. The van der Waals surface area contributed by atoms with E-state index in [0.29, 0.717) is 12.1 Å². The monoisotopic (exact) mass is 301 g/mol. The van der Waals surface area contributed by atoms with Gasteiger partial charge in [0, 0.05) is 17.1 Å². The van der Waals surface area contributed by atoms with Crippen molar-refractivity contribution < 1.29 is 0 Å². The Morgan fingerprint density at radius 3 is 2.38 bits per heavy atom. The minimum Gasteiger partial charge on any atom is -0.307 e. The summed E-state index contributed by atoms with van der Waals surface area (Å²) in [6.07, 6.45) is 0.939. The Morgan fingerprint density at radius 2 is 1.71 bits per heavy atom. The van der Waals surface area contributed by atoms with Crippen LogP contribution in [0.2, 0.25) is 5.02 Å². The molecule has 0 aliphatic carbocycles. The number of hydrogen-bond donors (Lipinski definition) is 1. The predicted octanol–water partition coefficient (Wildman–Crippen LogP) is 5.24. The summed E-state index contributed by atoms with van der Waals surface area (Å²) in [5.41, 5.74) is 5.23. The molecule has 0 aromatic heterocycles. The maximum absolute atomic E-state index is 6.23. The smallest absolute Gasteiger partial charge is 0.0438 e. The average molecular weight is 302 g/mol. The first-order valence-corrected chi connectivity index (χ1v) is 7.91. The quantitative estimate of drug-likeness (QED) is 0.796. The summed E-state index contributed by atoms with van der Waals surface area (Å²) < 4.78 is 0. The molecular weight excluding hydrogens is 278 g/mol. The number of aryl methyl sites for hydroxylation is 2. The lowest BCUT2D eigenvalue weighted by atomic mass is 10.0. The largest absolute Gasteiger partial charge is 0.307 e.